The molecule has 3 rings (SSSR count). The summed E-state index contributed by atoms with van der Waals surface area (Å²) in [5.41, 5.74) is 1.15. The van der Waals surface area contributed by atoms with E-state index in [-0.39, 0.29) is 16.8 Å². The van der Waals surface area contributed by atoms with Gasteiger partial charge in [-0.3, -0.25) is 0 Å². The SMILES string of the molecule is CCOc1ncccc1S(=O)(=O)N1CCCC1Cc1ccccc1. The van der Waals surface area contributed by atoms with Crippen LogP contribution in [-0.2, 0) is 16.4 Å². The zero-order valence-electron chi connectivity index (χ0n) is 13.8. The first-order valence-electron chi connectivity index (χ1n) is 8.26. The van der Waals surface area contributed by atoms with E-state index in [0.29, 0.717) is 13.2 Å². The number of benzene rings is 1. The minimum Gasteiger partial charge on any atom is -0.477 e. The lowest BCUT2D eigenvalue weighted by molar-refractivity contribution is 0.314. The largest absolute Gasteiger partial charge is 0.477 e. The average Bonchev–Trinajstić information content (AvgIpc) is 3.05. The molecule has 0 spiro atoms. The van der Waals surface area contributed by atoms with Gasteiger partial charge in [-0.1, -0.05) is 30.3 Å². The van der Waals surface area contributed by atoms with Crippen molar-refractivity contribution in [3.05, 3.63) is 54.2 Å². The normalized spacial score (nSPS) is 18.6. The van der Waals surface area contributed by atoms with E-state index in [1.165, 1.54) is 0 Å². The summed E-state index contributed by atoms with van der Waals surface area (Å²) in [6, 6.07) is 13.2. The molecule has 1 saturated heterocycles. The Balaban J connectivity index is 1.88. The summed E-state index contributed by atoms with van der Waals surface area (Å²) in [5, 5.41) is 0. The van der Waals surface area contributed by atoms with Gasteiger partial charge < -0.3 is 4.74 Å². The lowest BCUT2D eigenvalue weighted by Gasteiger charge is -2.24. The van der Waals surface area contributed by atoms with Crippen LogP contribution in [0.4, 0.5) is 0 Å². The van der Waals surface area contributed by atoms with Gasteiger partial charge in [0.15, 0.2) is 0 Å². The second-order valence-corrected chi connectivity index (χ2v) is 7.70. The number of hydrogen-bond donors (Lipinski definition) is 0. The van der Waals surface area contributed by atoms with Gasteiger partial charge in [-0.2, -0.15) is 4.31 Å². The summed E-state index contributed by atoms with van der Waals surface area (Å²) >= 11 is 0. The van der Waals surface area contributed by atoms with Crippen molar-refractivity contribution < 1.29 is 13.2 Å². The third kappa shape index (κ3) is 3.44. The van der Waals surface area contributed by atoms with Gasteiger partial charge in [-0.15, -0.1) is 0 Å². The molecule has 0 radical (unpaired) electrons. The Hall–Kier alpha value is -1.92. The molecule has 128 valence electrons. The number of rotatable bonds is 6. The molecule has 24 heavy (non-hydrogen) atoms. The topological polar surface area (TPSA) is 59.5 Å². The number of ether oxygens (including phenoxy) is 1. The molecule has 1 aromatic heterocycles. The van der Waals surface area contributed by atoms with Crippen molar-refractivity contribution in [2.45, 2.75) is 37.1 Å². The third-order valence-electron chi connectivity index (χ3n) is 4.24. The summed E-state index contributed by atoms with van der Waals surface area (Å²) in [4.78, 5) is 4.25. The Morgan fingerprint density at radius 1 is 1.21 bits per heavy atom. The van der Waals surface area contributed by atoms with Crippen LogP contribution >= 0.6 is 0 Å². The lowest BCUT2D eigenvalue weighted by Crippen LogP contribution is -2.37. The van der Waals surface area contributed by atoms with Crippen molar-refractivity contribution in [3.8, 4) is 5.88 Å². The van der Waals surface area contributed by atoms with E-state index >= 15 is 0 Å². The number of pyridine rings is 1. The van der Waals surface area contributed by atoms with Gasteiger partial charge in [0.2, 0.25) is 15.9 Å². The van der Waals surface area contributed by atoms with E-state index in [9.17, 15) is 8.42 Å². The third-order valence-corrected chi connectivity index (χ3v) is 6.21. The minimum atomic E-state index is -3.61. The monoisotopic (exact) mass is 346 g/mol. The van der Waals surface area contributed by atoms with Crippen molar-refractivity contribution in [1.29, 1.82) is 0 Å². The second kappa shape index (κ2) is 7.32. The van der Waals surface area contributed by atoms with E-state index in [0.717, 1.165) is 24.8 Å². The van der Waals surface area contributed by atoms with Crippen LogP contribution in [0, 0.1) is 0 Å². The molecule has 0 bridgehead atoms. The number of hydrogen-bond acceptors (Lipinski definition) is 4. The van der Waals surface area contributed by atoms with Gasteiger partial charge >= 0.3 is 0 Å². The molecule has 0 N–H and O–H groups in total. The fourth-order valence-electron chi connectivity index (χ4n) is 3.16. The van der Waals surface area contributed by atoms with Gasteiger partial charge in [0.1, 0.15) is 4.90 Å². The summed E-state index contributed by atoms with van der Waals surface area (Å²) in [7, 11) is -3.61. The summed E-state index contributed by atoms with van der Waals surface area (Å²) < 4.78 is 33.3. The maximum atomic E-state index is 13.1. The van der Waals surface area contributed by atoms with E-state index in [1.807, 2.05) is 37.3 Å². The predicted molar refractivity (Wildman–Crippen MR) is 92.5 cm³/mol. The van der Waals surface area contributed by atoms with Gasteiger partial charge in [0, 0.05) is 18.8 Å². The molecule has 0 aliphatic carbocycles. The van der Waals surface area contributed by atoms with Crippen LogP contribution in [0.25, 0.3) is 0 Å². The van der Waals surface area contributed by atoms with E-state index in [1.54, 1.807) is 22.6 Å². The van der Waals surface area contributed by atoms with Crippen LogP contribution in [0.2, 0.25) is 0 Å². The van der Waals surface area contributed by atoms with Gasteiger partial charge in [0.05, 0.1) is 6.61 Å². The predicted octanol–water partition coefficient (Wildman–Crippen LogP) is 2.88. The van der Waals surface area contributed by atoms with Crippen molar-refractivity contribution in [1.82, 2.24) is 9.29 Å². The van der Waals surface area contributed by atoms with Crippen molar-refractivity contribution in [2.24, 2.45) is 0 Å². The quantitative estimate of drug-likeness (QED) is 0.807. The molecule has 1 unspecified atom stereocenters. The van der Waals surface area contributed by atoms with Crippen LogP contribution in [0.3, 0.4) is 0 Å². The van der Waals surface area contributed by atoms with Gasteiger partial charge in [-0.05, 0) is 43.9 Å². The Morgan fingerprint density at radius 3 is 2.75 bits per heavy atom. The van der Waals surface area contributed by atoms with Crippen LogP contribution in [0.1, 0.15) is 25.3 Å². The molecule has 1 aromatic carbocycles. The molecule has 2 heterocycles. The average molecular weight is 346 g/mol. The minimum absolute atomic E-state index is 0.0212. The standard InChI is InChI=1S/C18H22N2O3S/c1-2-23-18-17(11-6-12-19-18)24(21,22)20-13-7-10-16(20)14-15-8-4-3-5-9-15/h3-6,8-9,11-12,16H,2,7,10,13-14H2,1H3. The number of nitrogens with zero attached hydrogens (tertiary/aromatic N) is 2. The molecule has 1 aliphatic heterocycles. The smallest absolute Gasteiger partial charge is 0.248 e. The second-order valence-electron chi connectivity index (χ2n) is 5.84. The highest BCUT2D eigenvalue weighted by atomic mass is 32.2. The Labute approximate surface area is 143 Å². The molecule has 2 aromatic rings. The highest BCUT2D eigenvalue weighted by Crippen LogP contribution is 2.31. The summed E-state index contributed by atoms with van der Waals surface area (Å²) in [6.07, 6.45) is 4.03. The van der Waals surface area contributed by atoms with E-state index < -0.39 is 10.0 Å². The van der Waals surface area contributed by atoms with Crippen LogP contribution in [-0.4, -0.2) is 36.9 Å². The Kier molecular flexibility index (Phi) is 5.16. The summed E-state index contributed by atoms with van der Waals surface area (Å²) in [5.74, 6) is 0.186. The fraction of sp³-hybridized carbons (Fsp3) is 0.389. The molecule has 5 nitrogen and oxygen atoms in total. The van der Waals surface area contributed by atoms with E-state index in [2.05, 4.69) is 4.98 Å². The molecule has 1 aliphatic rings. The Bertz CT molecular complexity index is 778. The van der Waals surface area contributed by atoms with E-state index in [4.69, 9.17) is 4.74 Å². The lowest BCUT2D eigenvalue weighted by atomic mass is 10.1. The molecule has 1 atom stereocenters. The number of sulfonamides is 1. The zero-order chi connectivity index (χ0) is 17.0. The fourth-order valence-corrected chi connectivity index (χ4v) is 4.94. The van der Waals surface area contributed by atoms with Gasteiger partial charge in [0.25, 0.3) is 0 Å². The molecular formula is C18H22N2O3S. The first kappa shape index (κ1) is 16.9. The number of aromatic nitrogens is 1. The maximum absolute atomic E-state index is 13.1. The van der Waals surface area contributed by atoms with Crippen LogP contribution in [0.5, 0.6) is 5.88 Å². The molecule has 6 heteroatoms. The highest BCUT2D eigenvalue weighted by Gasteiger charge is 2.37. The first-order valence-corrected chi connectivity index (χ1v) is 9.70. The molecule has 0 amide bonds. The van der Waals surface area contributed by atoms with Gasteiger partial charge in [-0.25, -0.2) is 13.4 Å². The van der Waals surface area contributed by atoms with Crippen molar-refractivity contribution in [3.63, 3.8) is 0 Å². The molecule has 0 saturated carbocycles. The van der Waals surface area contributed by atoms with Crippen molar-refractivity contribution in [2.75, 3.05) is 13.2 Å². The first-order chi connectivity index (χ1) is 11.6. The maximum Gasteiger partial charge on any atom is 0.248 e. The summed E-state index contributed by atoms with van der Waals surface area (Å²) in [6.45, 7) is 2.74. The molecular weight excluding hydrogens is 324 g/mol. The van der Waals surface area contributed by atoms with Crippen LogP contribution in [0.15, 0.2) is 53.6 Å². The molecule has 1 fully saturated rings. The Morgan fingerprint density at radius 2 is 2.00 bits per heavy atom. The zero-order valence-corrected chi connectivity index (χ0v) is 14.6. The highest BCUT2D eigenvalue weighted by molar-refractivity contribution is 7.89. The van der Waals surface area contributed by atoms with Crippen LogP contribution < -0.4 is 4.74 Å². The van der Waals surface area contributed by atoms with Crippen molar-refractivity contribution >= 4 is 10.0 Å².